The van der Waals surface area contributed by atoms with E-state index in [1.165, 1.54) is 5.57 Å². The summed E-state index contributed by atoms with van der Waals surface area (Å²) >= 11 is 0. The molecule has 2 aliphatic carbocycles. The monoisotopic (exact) mass is 602 g/mol. The highest BCUT2D eigenvalue weighted by molar-refractivity contribution is 6.06. The van der Waals surface area contributed by atoms with Gasteiger partial charge in [-0.05, 0) is 52.5 Å². The molecule has 2 heterocycles. The average Bonchev–Trinajstić information content (AvgIpc) is 3.42. The third-order valence-electron chi connectivity index (χ3n) is 10.5. The van der Waals surface area contributed by atoms with Crippen LogP contribution in [0.5, 0.6) is 0 Å². The SMILES string of the molecule is CC1C=CC=C2C=CC(C3N(Cc4ccccc4)C(=O)C4=C(c5ccc6ccccc6c5)[N+]([O-])(Cc5ccccc5)CC43C)=CC21. The summed E-state index contributed by atoms with van der Waals surface area (Å²) in [5, 5.41) is 17.7. The lowest BCUT2D eigenvalue weighted by Gasteiger charge is -2.45. The van der Waals surface area contributed by atoms with E-state index >= 15 is 10.0 Å². The molecule has 0 saturated carbocycles. The second-order valence-electron chi connectivity index (χ2n) is 13.7. The van der Waals surface area contributed by atoms with Gasteiger partial charge in [-0.3, -0.25) is 4.79 Å². The number of hydrogen-bond donors (Lipinski definition) is 0. The number of carbonyl (C=O) groups excluding carboxylic acids is 1. The fraction of sp³-hybridized carbons (Fsp3) is 0.214. The van der Waals surface area contributed by atoms with Crippen molar-refractivity contribution in [1.82, 2.24) is 4.90 Å². The van der Waals surface area contributed by atoms with Crippen LogP contribution in [0.2, 0.25) is 0 Å². The topological polar surface area (TPSA) is 43.4 Å². The van der Waals surface area contributed by atoms with E-state index in [0.29, 0.717) is 23.7 Å². The van der Waals surface area contributed by atoms with Gasteiger partial charge in [0.25, 0.3) is 5.91 Å². The smallest absolute Gasteiger partial charge is 0.257 e. The Morgan fingerprint density at radius 2 is 1.52 bits per heavy atom. The van der Waals surface area contributed by atoms with Gasteiger partial charge < -0.3 is 14.8 Å². The summed E-state index contributed by atoms with van der Waals surface area (Å²) in [6.07, 6.45) is 13.4. The molecule has 0 spiro atoms. The number of allylic oxidation sites excluding steroid dienone is 6. The van der Waals surface area contributed by atoms with Crippen molar-refractivity contribution in [2.24, 2.45) is 17.3 Å². The van der Waals surface area contributed by atoms with Crippen LogP contribution in [0.25, 0.3) is 16.5 Å². The van der Waals surface area contributed by atoms with Gasteiger partial charge in [0.05, 0.1) is 23.6 Å². The minimum atomic E-state index is -0.700. The summed E-state index contributed by atoms with van der Waals surface area (Å²) in [6.45, 7) is 5.47. The van der Waals surface area contributed by atoms with E-state index in [2.05, 4.69) is 86.7 Å². The first-order valence-corrected chi connectivity index (χ1v) is 16.3. The highest BCUT2D eigenvalue weighted by atomic mass is 16.5. The fourth-order valence-corrected chi connectivity index (χ4v) is 8.49. The number of nitrogens with zero attached hydrogens (tertiary/aromatic N) is 2. The highest BCUT2D eigenvalue weighted by Crippen LogP contribution is 2.58. The Kier molecular flexibility index (Phi) is 6.82. The number of rotatable bonds is 6. The van der Waals surface area contributed by atoms with E-state index in [1.54, 1.807) is 0 Å². The molecule has 0 radical (unpaired) electrons. The van der Waals surface area contributed by atoms with E-state index < -0.39 is 10.1 Å². The first-order chi connectivity index (χ1) is 22.3. The molecule has 5 unspecified atom stereocenters. The molecule has 1 amide bonds. The van der Waals surface area contributed by atoms with E-state index in [9.17, 15) is 0 Å². The molecule has 4 nitrogen and oxygen atoms in total. The van der Waals surface area contributed by atoms with Crippen molar-refractivity contribution in [2.45, 2.75) is 33.0 Å². The zero-order chi connectivity index (χ0) is 31.5. The number of carbonyl (C=O) groups is 1. The van der Waals surface area contributed by atoms with Crippen molar-refractivity contribution in [3.8, 4) is 0 Å². The van der Waals surface area contributed by atoms with Gasteiger partial charge in [-0.15, -0.1) is 0 Å². The summed E-state index contributed by atoms with van der Waals surface area (Å²) in [5.74, 6) is 0.565. The molecular formula is C42H38N2O2. The largest absolute Gasteiger partial charge is 0.627 e. The number of amides is 1. The Balaban J connectivity index is 1.34. The van der Waals surface area contributed by atoms with Gasteiger partial charge in [0.15, 0.2) is 0 Å². The molecule has 46 heavy (non-hydrogen) atoms. The molecule has 4 aromatic rings. The summed E-state index contributed by atoms with van der Waals surface area (Å²) < 4.78 is -0.569. The van der Waals surface area contributed by atoms with Crippen LogP contribution in [0, 0.1) is 22.5 Å². The van der Waals surface area contributed by atoms with Crippen LogP contribution in [-0.2, 0) is 17.9 Å². The zero-order valence-electron chi connectivity index (χ0n) is 26.3. The number of hydroxylamine groups is 3. The van der Waals surface area contributed by atoms with Crippen molar-refractivity contribution in [3.05, 3.63) is 178 Å². The number of benzene rings is 4. The molecular weight excluding hydrogens is 564 g/mol. The van der Waals surface area contributed by atoms with Crippen molar-refractivity contribution < 1.29 is 9.44 Å². The van der Waals surface area contributed by atoms with E-state index in [0.717, 1.165) is 33.0 Å². The first kappa shape index (κ1) is 28.7. The summed E-state index contributed by atoms with van der Waals surface area (Å²) in [4.78, 5) is 17.1. The summed E-state index contributed by atoms with van der Waals surface area (Å²) in [6, 6.07) is 34.4. The number of likely N-dealkylation sites (tertiary alicyclic amines) is 1. The highest BCUT2D eigenvalue weighted by Gasteiger charge is 2.64. The van der Waals surface area contributed by atoms with Gasteiger partial charge in [0, 0.05) is 23.6 Å². The van der Waals surface area contributed by atoms with Gasteiger partial charge in [-0.2, -0.15) is 0 Å². The maximum absolute atomic E-state index is 15.5. The predicted molar refractivity (Wildman–Crippen MR) is 185 cm³/mol. The standard InChI is InChI=1S/C42H38N2O2/c1-29-12-11-19-33-21-23-36(25-37(29)33)40-42(2)28-44(46,27-31-15-7-4-8-16-31)39(35-22-20-32-17-9-10-18-34(32)24-35)38(42)41(45)43(40)26-30-13-5-3-6-14-30/h3-25,29,37,40H,26-28H2,1-2H3. The summed E-state index contributed by atoms with van der Waals surface area (Å²) in [5.41, 5.74) is 5.88. The van der Waals surface area contributed by atoms with Crippen LogP contribution in [0.1, 0.15) is 30.5 Å². The van der Waals surface area contributed by atoms with E-state index in [4.69, 9.17) is 0 Å². The van der Waals surface area contributed by atoms with E-state index in [1.807, 2.05) is 71.6 Å². The molecule has 4 aromatic carbocycles. The average molecular weight is 603 g/mol. The molecule has 0 bridgehead atoms. The maximum Gasteiger partial charge on any atom is 0.257 e. The van der Waals surface area contributed by atoms with Gasteiger partial charge in [0.2, 0.25) is 0 Å². The minimum absolute atomic E-state index is 0.0318. The molecule has 4 heteroatoms. The molecule has 8 rings (SSSR count). The Morgan fingerprint density at radius 1 is 0.848 bits per heavy atom. The fourth-order valence-electron chi connectivity index (χ4n) is 8.49. The summed E-state index contributed by atoms with van der Waals surface area (Å²) in [7, 11) is 0. The van der Waals surface area contributed by atoms with Crippen LogP contribution in [-0.4, -0.2) is 28.0 Å². The Labute approximate surface area is 271 Å². The first-order valence-electron chi connectivity index (χ1n) is 16.3. The molecule has 5 atom stereocenters. The van der Waals surface area contributed by atoms with Gasteiger partial charge in [-0.1, -0.05) is 134 Å². The normalized spacial score (nSPS) is 28.4. The van der Waals surface area contributed by atoms with Crippen LogP contribution < -0.4 is 0 Å². The van der Waals surface area contributed by atoms with Gasteiger partial charge in [0.1, 0.15) is 12.2 Å². The Bertz CT molecular complexity index is 2000. The van der Waals surface area contributed by atoms with Crippen molar-refractivity contribution in [2.75, 3.05) is 6.54 Å². The molecule has 0 N–H and O–H groups in total. The third kappa shape index (κ3) is 4.63. The minimum Gasteiger partial charge on any atom is -0.627 e. The second-order valence-corrected chi connectivity index (χ2v) is 13.7. The van der Waals surface area contributed by atoms with Crippen molar-refractivity contribution in [1.29, 1.82) is 0 Å². The molecule has 2 aliphatic heterocycles. The van der Waals surface area contributed by atoms with Crippen molar-refractivity contribution in [3.63, 3.8) is 0 Å². The predicted octanol–water partition coefficient (Wildman–Crippen LogP) is 8.74. The second kappa shape index (κ2) is 10.9. The molecule has 4 aliphatic rings. The molecule has 1 fully saturated rings. The Hall–Kier alpha value is -4.77. The van der Waals surface area contributed by atoms with Gasteiger partial charge >= 0.3 is 0 Å². The van der Waals surface area contributed by atoms with Crippen LogP contribution in [0.4, 0.5) is 0 Å². The molecule has 228 valence electrons. The molecule has 0 aromatic heterocycles. The lowest BCUT2D eigenvalue weighted by atomic mass is 9.72. The van der Waals surface area contributed by atoms with E-state index in [-0.39, 0.29) is 31.0 Å². The maximum atomic E-state index is 15.5. The lowest BCUT2D eigenvalue weighted by Crippen LogP contribution is -2.48. The Morgan fingerprint density at radius 3 is 2.28 bits per heavy atom. The zero-order valence-corrected chi connectivity index (χ0v) is 26.3. The van der Waals surface area contributed by atoms with Gasteiger partial charge in [-0.25, -0.2) is 0 Å². The number of fused-ring (bicyclic) bond motifs is 3. The van der Waals surface area contributed by atoms with Crippen LogP contribution >= 0.6 is 0 Å². The number of quaternary nitrogens is 1. The van der Waals surface area contributed by atoms with Crippen LogP contribution in [0.3, 0.4) is 0 Å². The quantitative estimate of drug-likeness (QED) is 0.164. The van der Waals surface area contributed by atoms with Crippen molar-refractivity contribution >= 4 is 22.4 Å². The lowest BCUT2D eigenvalue weighted by molar-refractivity contribution is -0.823. The van der Waals surface area contributed by atoms with Crippen LogP contribution in [0.15, 0.2) is 156 Å². The molecule has 1 saturated heterocycles. The third-order valence-corrected chi connectivity index (χ3v) is 10.5. The number of hydrogen-bond acceptors (Lipinski definition) is 2.